The second-order valence-corrected chi connectivity index (χ2v) is 12.7. The van der Waals surface area contributed by atoms with Gasteiger partial charge in [0.15, 0.2) is 0 Å². The minimum Gasteiger partial charge on any atom is -0.309 e. The number of rotatable bonds is 20. The third-order valence-corrected chi connectivity index (χ3v) is 5.97. The maximum atomic E-state index is 8.88. The fourth-order valence-corrected chi connectivity index (χ4v) is 3.84. The summed E-state index contributed by atoms with van der Waals surface area (Å²) < 4.78 is 17.8. The molecule has 1 atom stereocenters. The largest absolute Gasteiger partial charge is 0.466 e. The Morgan fingerprint density at radius 1 is 0.487 bits per heavy atom. The standard InChI is InChI=1S/C16H35N.C11H25N.2H3O4P/c1-5-7-9-10-11-13-15-16(17(3)4)14-12-8-6-2;1-4-5-6-7-8-9-10-11-12(2)3;2*1-5(2,3)4/h16H,5-15H2,1-4H3;4-11H2,1-3H3;2*(H3,1,2,3,4). The van der Waals surface area contributed by atoms with Crippen LogP contribution in [0.4, 0.5) is 0 Å². The molecule has 10 nitrogen and oxygen atoms in total. The fourth-order valence-electron chi connectivity index (χ4n) is 3.84. The molecular weight excluding hydrogens is 542 g/mol. The van der Waals surface area contributed by atoms with Crippen molar-refractivity contribution in [2.75, 3.05) is 34.7 Å². The van der Waals surface area contributed by atoms with Crippen LogP contribution >= 0.6 is 15.6 Å². The average molecular weight is 609 g/mol. The average Bonchev–Trinajstić information content (AvgIpc) is 2.77. The van der Waals surface area contributed by atoms with Crippen molar-refractivity contribution in [2.45, 2.75) is 142 Å². The van der Waals surface area contributed by atoms with E-state index in [1.165, 1.54) is 122 Å². The molecule has 0 aromatic rings. The van der Waals surface area contributed by atoms with E-state index in [2.05, 4.69) is 58.8 Å². The molecule has 0 aliphatic rings. The van der Waals surface area contributed by atoms with E-state index in [-0.39, 0.29) is 0 Å². The zero-order chi connectivity index (χ0) is 31.2. The molecule has 0 fully saturated rings. The van der Waals surface area contributed by atoms with Crippen molar-refractivity contribution in [2.24, 2.45) is 0 Å². The molecule has 0 spiro atoms. The van der Waals surface area contributed by atoms with Gasteiger partial charge < -0.3 is 39.2 Å². The van der Waals surface area contributed by atoms with Crippen LogP contribution in [0.15, 0.2) is 0 Å². The van der Waals surface area contributed by atoms with Crippen LogP contribution in [0, 0.1) is 0 Å². The van der Waals surface area contributed by atoms with Crippen molar-refractivity contribution in [3.8, 4) is 0 Å². The Kier molecular flexibility index (Phi) is 38.6. The molecule has 242 valence electrons. The monoisotopic (exact) mass is 608 g/mol. The Bertz CT molecular complexity index is 521. The van der Waals surface area contributed by atoms with Gasteiger partial charge in [-0.15, -0.1) is 0 Å². The summed E-state index contributed by atoms with van der Waals surface area (Å²) in [6, 6.07) is 0.827. The SMILES string of the molecule is CCCCCCCCC(CCCCC)N(C)C.CCCCCCCCCN(C)C.O=P(O)(O)O.O=P(O)(O)O. The van der Waals surface area contributed by atoms with Crippen LogP contribution < -0.4 is 0 Å². The molecule has 0 rings (SSSR count). The molecule has 0 aliphatic heterocycles. The van der Waals surface area contributed by atoms with Gasteiger partial charge in [0.2, 0.25) is 0 Å². The third kappa shape index (κ3) is 72.9. The Morgan fingerprint density at radius 2 is 0.744 bits per heavy atom. The highest BCUT2D eigenvalue weighted by molar-refractivity contribution is 7.45. The predicted molar refractivity (Wildman–Crippen MR) is 165 cm³/mol. The molecule has 12 heteroatoms. The van der Waals surface area contributed by atoms with Gasteiger partial charge in [-0.25, -0.2) is 9.13 Å². The number of hydrogen-bond donors (Lipinski definition) is 6. The van der Waals surface area contributed by atoms with Crippen molar-refractivity contribution in [3.05, 3.63) is 0 Å². The molecule has 0 saturated carbocycles. The highest BCUT2D eigenvalue weighted by Gasteiger charge is 2.10. The minimum atomic E-state index is -4.64. The first-order valence-electron chi connectivity index (χ1n) is 14.9. The molecule has 0 saturated heterocycles. The molecular formula is C27H66N2O8P2. The number of phosphoric acid groups is 2. The fraction of sp³-hybridized carbons (Fsp3) is 1.00. The maximum absolute atomic E-state index is 8.88. The van der Waals surface area contributed by atoms with Gasteiger partial charge in [-0.1, -0.05) is 117 Å². The van der Waals surface area contributed by atoms with Gasteiger partial charge in [-0.3, -0.25) is 0 Å². The van der Waals surface area contributed by atoms with Crippen molar-refractivity contribution >= 4 is 15.6 Å². The lowest BCUT2D eigenvalue weighted by Crippen LogP contribution is -2.27. The van der Waals surface area contributed by atoms with Gasteiger partial charge in [0, 0.05) is 6.04 Å². The molecule has 0 heterocycles. The first-order valence-corrected chi connectivity index (χ1v) is 18.0. The Hall–Kier alpha value is 0.140. The summed E-state index contributed by atoms with van der Waals surface area (Å²) in [5.41, 5.74) is 0. The topological polar surface area (TPSA) is 162 Å². The zero-order valence-electron chi connectivity index (χ0n) is 26.3. The lowest BCUT2D eigenvalue weighted by atomic mass is 10.0. The summed E-state index contributed by atoms with van der Waals surface area (Å²) in [7, 11) is -0.491. The van der Waals surface area contributed by atoms with Gasteiger partial charge >= 0.3 is 15.6 Å². The van der Waals surface area contributed by atoms with Crippen LogP contribution in [0.25, 0.3) is 0 Å². The number of unbranched alkanes of at least 4 members (excludes halogenated alkanes) is 13. The van der Waals surface area contributed by atoms with E-state index in [9.17, 15) is 0 Å². The molecule has 0 bridgehead atoms. The second-order valence-electron chi connectivity index (χ2n) is 10.6. The lowest BCUT2D eigenvalue weighted by Gasteiger charge is -2.24. The maximum Gasteiger partial charge on any atom is 0.466 e. The first kappa shape index (κ1) is 46.1. The van der Waals surface area contributed by atoms with E-state index in [1.807, 2.05) is 0 Å². The summed E-state index contributed by atoms with van der Waals surface area (Å²) in [5.74, 6) is 0. The van der Waals surface area contributed by atoms with Crippen LogP contribution in [-0.2, 0) is 9.13 Å². The van der Waals surface area contributed by atoms with Gasteiger partial charge in [0.05, 0.1) is 0 Å². The minimum absolute atomic E-state index is 0.827. The van der Waals surface area contributed by atoms with E-state index in [0.717, 1.165) is 6.04 Å². The normalized spacial score (nSPS) is 12.2. The quantitative estimate of drug-likeness (QED) is 0.0649. The summed E-state index contributed by atoms with van der Waals surface area (Å²) in [6.45, 7) is 8.11. The van der Waals surface area contributed by atoms with Gasteiger partial charge in [0.25, 0.3) is 0 Å². The van der Waals surface area contributed by atoms with Crippen molar-refractivity contribution in [1.82, 2.24) is 9.80 Å². The molecule has 1 unspecified atom stereocenters. The first-order chi connectivity index (χ1) is 18.0. The molecule has 39 heavy (non-hydrogen) atoms. The highest BCUT2D eigenvalue weighted by Crippen LogP contribution is 2.26. The van der Waals surface area contributed by atoms with Gasteiger partial charge in [-0.05, 0) is 54.0 Å². The van der Waals surface area contributed by atoms with Crippen LogP contribution in [0.1, 0.15) is 136 Å². The Labute approximate surface area is 241 Å². The van der Waals surface area contributed by atoms with Crippen LogP contribution in [0.5, 0.6) is 0 Å². The van der Waals surface area contributed by atoms with E-state index >= 15 is 0 Å². The summed E-state index contributed by atoms with van der Waals surface area (Å²) in [5, 5.41) is 0. The van der Waals surface area contributed by atoms with Gasteiger partial charge in [0.1, 0.15) is 0 Å². The molecule has 0 radical (unpaired) electrons. The van der Waals surface area contributed by atoms with Crippen molar-refractivity contribution in [1.29, 1.82) is 0 Å². The van der Waals surface area contributed by atoms with Crippen LogP contribution in [0.3, 0.4) is 0 Å². The van der Waals surface area contributed by atoms with E-state index in [0.29, 0.717) is 0 Å². The predicted octanol–water partition coefficient (Wildman–Crippen LogP) is 6.69. The zero-order valence-corrected chi connectivity index (χ0v) is 28.1. The van der Waals surface area contributed by atoms with E-state index < -0.39 is 15.6 Å². The second kappa shape index (κ2) is 32.7. The summed E-state index contributed by atoms with van der Waals surface area (Å²) >= 11 is 0. The molecule has 0 aliphatic carbocycles. The summed E-state index contributed by atoms with van der Waals surface area (Å²) in [6.07, 6.45) is 25.4. The molecule has 0 aromatic carbocycles. The highest BCUT2D eigenvalue weighted by atomic mass is 31.2. The van der Waals surface area contributed by atoms with Crippen LogP contribution in [-0.4, -0.2) is 79.9 Å². The van der Waals surface area contributed by atoms with Crippen molar-refractivity contribution < 1.29 is 38.5 Å². The molecule has 0 aromatic heterocycles. The van der Waals surface area contributed by atoms with E-state index in [1.54, 1.807) is 0 Å². The van der Waals surface area contributed by atoms with Gasteiger partial charge in [-0.2, -0.15) is 0 Å². The van der Waals surface area contributed by atoms with Crippen molar-refractivity contribution in [3.63, 3.8) is 0 Å². The smallest absolute Gasteiger partial charge is 0.309 e. The molecule has 0 amide bonds. The Balaban J connectivity index is -0.000000240. The van der Waals surface area contributed by atoms with Crippen LogP contribution in [0.2, 0.25) is 0 Å². The third-order valence-electron chi connectivity index (χ3n) is 5.97. The summed E-state index contributed by atoms with van der Waals surface area (Å²) in [4.78, 5) is 47.8. The molecule has 6 N–H and O–H groups in total. The van der Waals surface area contributed by atoms with E-state index in [4.69, 9.17) is 38.5 Å². The number of nitrogens with zero attached hydrogens (tertiary/aromatic N) is 2. The Morgan fingerprint density at radius 3 is 1.05 bits per heavy atom. The lowest BCUT2D eigenvalue weighted by molar-refractivity contribution is 0.252. The number of hydrogen-bond acceptors (Lipinski definition) is 4.